The number of rotatable bonds is 4. The zero-order chi connectivity index (χ0) is 17.7. The fourth-order valence-corrected chi connectivity index (χ4v) is 4.14. The maximum atomic E-state index is 11.9. The normalized spacial score (nSPS) is 27.3. The number of ether oxygens (including phenoxy) is 1. The molecule has 1 saturated carbocycles. The van der Waals surface area contributed by atoms with E-state index in [0.29, 0.717) is 32.2 Å². The van der Waals surface area contributed by atoms with Gasteiger partial charge in [0.15, 0.2) is 17.0 Å². The summed E-state index contributed by atoms with van der Waals surface area (Å²) in [4.78, 5) is 29.6. The monoisotopic (exact) mass is 358 g/mol. The third kappa shape index (κ3) is 2.38. The largest absolute Gasteiger partial charge is 0.480 e. The van der Waals surface area contributed by atoms with Gasteiger partial charge >= 0.3 is 5.97 Å². The first-order chi connectivity index (χ1) is 12.7. The number of hydrogen-bond acceptors (Lipinski definition) is 7. The van der Waals surface area contributed by atoms with Gasteiger partial charge in [0.05, 0.1) is 12.9 Å². The van der Waals surface area contributed by atoms with Crippen LogP contribution in [-0.2, 0) is 9.53 Å². The van der Waals surface area contributed by atoms with Crippen LogP contribution < -0.4 is 4.90 Å². The molecule has 1 unspecified atom stereocenters. The van der Waals surface area contributed by atoms with Crippen molar-refractivity contribution < 1.29 is 14.6 Å². The van der Waals surface area contributed by atoms with Crippen LogP contribution in [0.3, 0.4) is 0 Å². The fraction of sp³-hybridized carbons (Fsp3) is 0.647. The summed E-state index contributed by atoms with van der Waals surface area (Å²) in [5, 5.41) is 9.73. The highest BCUT2D eigenvalue weighted by Crippen LogP contribution is 2.37. The molecule has 9 nitrogen and oxygen atoms in total. The molecule has 0 spiro atoms. The quantitative estimate of drug-likeness (QED) is 0.845. The van der Waals surface area contributed by atoms with Crippen molar-refractivity contribution in [3.05, 3.63) is 12.7 Å². The lowest BCUT2D eigenvalue weighted by Crippen LogP contribution is -2.61. The summed E-state index contributed by atoms with van der Waals surface area (Å²) in [5.41, 5.74) is 0.858. The molecule has 2 aliphatic heterocycles. The average molecular weight is 358 g/mol. The van der Waals surface area contributed by atoms with Crippen LogP contribution in [0.4, 0.5) is 5.82 Å². The first kappa shape index (κ1) is 16.0. The molecule has 0 bridgehead atoms. The molecule has 5 rings (SSSR count). The zero-order valence-corrected chi connectivity index (χ0v) is 14.5. The van der Waals surface area contributed by atoms with Gasteiger partial charge in [-0.1, -0.05) is 0 Å². The predicted molar refractivity (Wildman–Crippen MR) is 93.2 cm³/mol. The van der Waals surface area contributed by atoms with Crippen LogP contribution in [0.1, 0.15) is 25.3 Å². The van der Waals surface area contributed by atoms with Gasteiger partial charge in [0.25, 0.3) is 0 Å². The van der Waals surface area contributed by atoms with E-state index < -0.39 is 11.5 Å². The van der Waals surface area contributed by atoms with E-state index in [1.807, 2.05) is 6.33 Å². The van der Waals surface area contributed by atoms with E-state index in [9.17, 15) is 9.90 Å². The van der Waals surface area contributed by atoms with Gasteiger partial charge < -0.3 is 19.3 Å². The smallest absolute Gasteiger partial charge is 0.326 e. The lowest BCUT2D eigenvalue weighted by atomic mass is 9.95. The van der Waals surface area contributed by atoms with Gasteiger partial charge in [-0.05, 0) is 12.8 Å². The number of aromatic nitrogens is 4. The van der Waals surface area contributed by atoms with E-state index in [2.05, 4.69) is 29.3 Å². The second kappa shape index (κ2) is 5.88. The van der Waals surface area contributed by atoms with Crippen LogP contribution in [0.15, 0.2) is 12.7 Å². The van der Waals surface area contributed by atoms with Crippen molar-refractivity contribution in [2.24, 2.45) is 0 Å². The number of hydrogen-bond donors (Lipinski definition) is 1. The van der Waals surface area contributed by atoms with Crippen LogP contribution in [-0.4, -0.2) is 80.4 Å². The Morgan fingerprint density at radius 3 is 2.65 bits per heavy atom. The van der Waals surface area contributed by atoms with E-state index >= 15 is 0 Å². The van der Waals surface area contributed by atoms with Gasteiger partial charge in [-0.3, -0.25) is 9.69 Å². The van der Waals surface area contributed by atoms with Crippen molar-refractivity contribution in [1.29, 1.82) is 0 Å². The molecule has 138 valence electrons. The van der Waals surface area contributed by atoms with Crippen molar-refractivity contribution in [3.8, 4) is 0 Å². The molecule has 0 radical (unpaired) electrons. The number of imidazole rings is 1. The molecule has 3 fully saturated rings. The number of piperazine rings is 1. The van der Waals surface area contributed by atoms with Gasteiger partial charge in [-0.15, -0.1) is 0 Å². The molecule has 1 N–H and O–H groups in total. The lowest BCUT2D eigenvalue weighted by Gasteiger charge is -2.42. The molecule has 9 heteroatoms. The van der Waals surface area contributed by atoms with E-state index in [1.165, 1.54) is 12.8 Å². The number of carbonyl (C=O) groups is 1. The molecule has 0 aromatic carbocycles. The number of nitrogens with zero attached hydrogens (tertiary/aromatic N) is 6. The van der Waals surface area contributed by atoms with E-state index in [1.54, 1.807) is 6.33 Å². The molecule has 2 aromatic rings. The van der Waals surface area contributed by atoms with Crippen molar-refractivity contribution in [3.63, 3.8) is 0 Å². The number of carboxylic acids is 1. The van der Waals surface area contributed by atoms with Crippen molar-refractivity contribution in [2.75, 3.05) is 44.3 Å². The molecule has 2 saturated heterocycles. The molecule has 1 aliphatic carbocycles. The number of anilines is 1. The van der Waals surface area contributed by atoms with Crippen molar-refractivity contribution in [2.45, 2.75) is 30.8 Å². The average Bonchev–Trinajstić information content (AvgIpc) is 3.21. The lowest BCUT2D eigenvalue weighted by molar-refractivity contribution is -0.152. The van der Waals surface area contributed by atoms with Crippen LogP contribution >= 0.6 is 0 Å². The van der Waals surface area contributed by atoms with Crippen LogP contribution in [0.2, 0.25) is 0 Å². The van der Waals surface area contributed by atoms with E-state index in [4.69, 9.17) is 4.74 Å². The van der Waals surface area contributed by atoms with Gasteiger partial charge in [-0.25, -0.2) is 15.0 Å². The summed E-state index contributed by atoms with van der Waals surface area (Å²) in [6, 6.07) is 0.525. The van der Waals surface area contributed by atoms with Crippen molar-refractivity contribution in [1.82, 2.24) is 24.4 Å². The summed E-state index contributed by atoms with van der Waals surface area (Å²) < 4.78 is 7.55. The summed E-state index contributed by atoms with van der Waals surface area (Å²) in [6.07, 6.45) is 6.39. The highest BCUT2D eigenvalue weighted by Gasteiger charge is 2.48. The standard InChI is InChI=1S/C17H22N6O3/c24-16(25)17(3-8-26-9-17)22-6-4-21(5-7-22)14-13-15(19-10-18-14)23(11-20-13)12-1-2-12/h10-12H,1-9H2,(H,24,25). The minimum atomic E-state index is -0.874. The number of carboxylic acid groups (broad SMARTS) is 1. The molecule has 0 amide bonds. The highest BCUT2D eigenvalue weighted by atomic mass is 16.5. The van der Waals surface area contributed by atoms with E-state index in [0.717, 1.165) is 30.1 Å². The highest BCUT2D eigenvalue weighted by molar-refractivity contribution is 5.83. The van der Waals surface area contributed by atoms with Gasteiger partial charge in [0.2, 0.25) is 0 Å². The molecule has 2 aromatic heterocycles. The van der Waals surface area contributed by atoms with Gasteiger partial charge in [-0.2, -0.15) is 0 Å². The molecular formula is C17H22N6O3. The topological polar surface area (TPSA) is 96.6 Å². The summed E-state index contributed by atoms with van der Waals surface area (Å²) in [6.45, 7) is 3.56. The van der Waals surface area contributed by atoms with Gasteiger partial charge in [0, 0.05) is 45.2 Å². The minimum absolute atomic E-state index is 0.270. The number of fused-ring (bicyclic) bond motifs is 1. The number of aliphatic carboxylic acids is 1. The zero-order valence-electron chi connectivity index (χ0n) is 14.5. The second-order valence-corrected chi connectivity index (χ2v) is 7.37. The van der Waals surface area contributed by atoms with E-state index in [-0.39, 0.29) is 6.61 Å². The maximum Gasteiger partial charge on any atom is 0.326 e. The maximum absolute atomic E-state index is 11.9. The molecule has 4 heterocycles. The predicted octanol–water partition coefficient (Wildman–Crippen LogP) is 0.527. The Morgan fingerprint density at radius 1 is 1.19 bits per heavy atom. The van der Waals surface area contributed by atoms with Gasteiger partial charge in [0.1, 0.15) is 11.9 Å². The van der Waals surface area contributed by atoms with Crippen LogP contribution in [0.25, 0.3) is 11.2 Å². The Bertz CT molecular complexity index is 834. The van der Waals surface area contributed by atoms with Crippen LogP contribution in [0.5, 0.6) is 0 Å². The summed E-state index contributed by atoms with van der Waals surface area (Å²) in [5.74, 6) is 0.0668. The molecule has 3 aliphatic rings. The fourth-order valence-electron chi connectivity index (χ4n) is 4.14. The Morgan fingerprint density at radius 2 is 2.00 bits per heavy atom. The SMILES string of the molecule is O=C(O)C1(N2CCN(c3ncnc4c3ncn4C3CC3)CC2)CCOC1. The van der Waals surface area contributed by atoms with Crippen molar-refractivity contribution >= 4 is 23.0 Å². The summed E-state index contributed by atoms with van der Waals surface area (Å²) >= 11 is 0. The Balaban J connectivity index is 1.37. The first-order valence-corrected chi connectivity index (χ1v) is 9.18. The minimum Gasteiger partial charge on any atom is -0.480 e. The Kier molecular flexibility index (Phi) is 3.61. The first-order valence-electron chi connectivity index (χ1n) is 9.18. The van der Waals surface area contributed by atoms with Crippen LogP contribution in [0, 0.1) is 0 Å². The summed E-state index contributed by atoms with van der Waals surface area (Å²) in [7, 11) is 0. The molecular weight excluding hydrogens is 336 g/mol. The molecule has 26 heavy (non-hydrogen) atoms. The Hall–Kier alpha value is -2.26. The molecule has 1 atom stereocenters. The third-order valence-electron chi connectivity index (χ3n) is 5.86. The third-order valence-corrected chi connectivity index (χ3v) is 5.86. The Labute approximate surface area is 150 Å². The second-order valence-electron chi connectivity index (χ2n) is 7.37.